The number of rotatable bonds is 4. The van der Waals surface area contributed by atoms with Crippen molar-refractivity contribution in [2.75, 3.05) is 34.9 Å². The predicted octanol–water partition coefficient (Wildman–Crippen LogP) is 0.610. The number of nitrogens with one attached hydrogen (secondary N) is 2. The Kier molecular flexibility index (Phi) is 3.66. The lowest BCUT2D eigenvalue weighted by Crippen LogP contribution is -2.20. The fourth-order valence-corrected chi connectivity index (χ4v) is 2.44. The van der Waals surface area contributed by atoms with Crippen molar-refractivity contribution in [2.45, 2.75) is 12.8 Å². The Morgan fingerprint density at radius 1 is 1.37 bits per heavy atom. The fourth-order valence-electron chi connectivity index (χ4n) is 1.97. The van der Waals surface area contributed by atoms with Crippen LogP contribution in [0.2, 0.25) is 0 Å². The average Bonchev–Trinajstić information content (AvgIpc) is 2.28. The van der Waals surface area contributed by atoms with E-state index in [1.165, 1.54) is 6.26 Å². The van der Waals surface area contributed by atoms with E-state index in [-0.39, 0.29) is 11.7 Å². The third kappa shape index (κ3) is 3.60. The van der Waals surface area contributed by atoms with E-state index in [1.54, 1.807) is 6.07 Å². The molecule has 1 aliphatic heterocycles. The molecular weight excluding hydrogens is 266 g/mol. The van der Waals surface area contributed by atoms with Gasteiger partial charge in [-0.2, -0.15) is 0 Å². The molecule has 0 aliphatic carbocycles. The molecule has 2 rings (SSSR count). The van der Waals surface area contributed by atoms with Crippen LogP contribution < -0.4 is 16.4 Å². The lowest BCUT2D eigenvalue weighted by atomic mass is 10.0. The molecule has 19 heavy (non-hydrogen) atoms. The molecule has 0 saturated heterocycles. The lowest BCUT2D eigenvalue weighted by molar-refractivity contribution is -0.116. The third-order valence-electron chi connectivity index (χ3n) is 2.96. The summed E-state index contributed by atoms with van der Waals surface area (Å²) in [5.74, 6) is 0.0463. The summed E-state index contributed by atoms with van der Waals surface area (Å²) >= 11 is 0. The van der Waals surface area contributed by atoms with Crippen molar-refractivity contribution in [1.29, 1.82) is 0 Å². The monoisotopic (exact) mass is 283 g/mol. The van der Waals surface area contributed by atoms with Crippen molar-refractivity contribution in [3.05, 3.63) is 17.7 Å². The Bertz CT molecular complexity index is 611. The van der Waals surface area contributed by atoms with Crippen LogP contribution in [0.25, 0.3) is 0 Å². The first-order valence-corrected chi connectivity index (χ1v) is 8.05. The first-order valence-electron chi connectivity index (χ1n) is 5.99. The average molecular weight is 283 g/mol. The second kappa shape index (κ2) is 5.08. The highest BCUT2D eigenvalue weighted by Gasteiger charge is 2.16. The molecule has 0 fully saturated rings. The van der Waals surface area contributed by atoms with E-state index in [0.717, 1.165) is 11.3 Å². The second-order valence-corrected chi connectivity index (χ2v) is 6.96. The molecule has 0 saturated carbocycles. The number of fused-ring (bicyclic) bond motifs is 1. The van der Waals surface area contributed by atoms with Gasteiger partial charge in [-0.1, -0.05) is 0 Å². The minimum Gasteiger partial charge on any atom is -0.397 e. The molecule has 6 nitrogen and oxygen atoms in total. The summed E-state index contributed by atoms with van der Waals surface area (Å²) < 4.78 is 22.1. The molecule has 0 radical (unpaired) electrons. The topological polar surface area (TPSA) is 101 Å². The number of anilines is 3. The first kappa shape index (κ1) is 13.7. The number of nitrogens with two attached hydrogens (primary N) is 1. The molecule has 0 atom stereocenters. The summed E-state index contributed by atoms with van der Waals surface area (Å²) in [6.45, 7) is 0.314. The normalized spacial score (nSPS) is 14.7. The molecular formula is C12H17N3O3S. The number of nitrogen functional groups attached to an aromatic ring is 1. The molecule has 104 valence electrons. The van der Waals surface area contributed by atoms with Crippen LogP contribution in [0.4, 0.5) is 17.1 Å². The Hall–Kier alpha value is -1.76. The van der Waals surface area contributed by atoms with Gasteiger partial charge in [0.2, 0.25) is 5.91 Å². The number of carbonyl (C=O) groups is 1. The van der Waals surface area contributed by atoms with Crippen molar-refractivity contribution in [3.63, 3.8) is 0 Å². The molecule has 1 amide bonds. The predicted molar refractivity (Wildman–Crippen MR) is 76.0 cm³/mol. The molecule has 1 heterocycles. The van der Waals surface area contributed by atoms with Crippen molar-refractivity contribution in [1.82, 2.24) is 0 Å². The van der Waals surface area contributed by atoms with Gasteiger partial charge in [-0.05, 0) is 24.1 Å². The number of hydrogen-bond acceptors (Lipinski definition) is 5. The van der Waals surface area contributed by atoms with E-state index < -0.39 is 9.84 Å². The van der Waals surface area contributed by atoms with Crippen molar-refractivity contribution in [2.24, 2.45) is 0 Å². The van der Waals surface area contributed by atoms with Crippen LogP contribution in [0, 0.1) is 0 Å². The van der Waals surface area contributed by atoms with Crippen LogP contribution in [0.1, 0.15) is 12.0 Å². The lowest BCUT2D eigenvalue weighted by Gasteiger charge is -2.19. The van der Waals surface area contributed by atoms with Gasteiger partial charge in [0.05, 0.1) is 17.1 Å². The summed E-state index contributed by atoms with van der Waals surface area (Å²) in [4.78, 5) is 11.3. The van der Waals surface area contributed by atoms with Crippen molar-refractivity contribution < 1.29 is 13.2 Å². The number of carbonyl (C=O) groups excluding carboxylic acids is 1. The van der Waals surface area contributed by atoms with Crippen LogP contribution >= 0.6 is 0 Å². The second-order valence-electron chi connectivity index (χ2n) is 4.70. The van der Waals surface area contributed by atoms with Gasteiger partial charge in [-0.3, -0.25) is 4.79 Å². The standard InChI is InChI=1S/C12H17N3O3S/c1-19(17,18)5-4-14-11-6-8-2-3-12(16)15-10(8)7-9(11)13/h6-7,14H,2-5,13H2,1H3,(H,15,16). The van der Waals surface area contributed by atoms with E-state index in [4.69, 9.17) is 5.73 Å². The van der Waals surface area contributed by atoms with Gasteiger partial charge in [-0.15, -0.1) is 0 Å². The highest BCUT2D eigenvalue weighted by Crippen LogP contribution is 2.30. The first-order chi connectivity index (χ1) is 8.85. The molecule has 0 unspecified atom stereocenters. The van der Waals surface area contributed by atoms with Gasteiger partial charge in [-0.25, -0.2) is 8.42 Å². The number of benzene rings is 1. The van der Waals surface area contributed by atoms with E-state index >= 15 is 0 Å². The zero-order chi connectivity index (χ0) is 14.0. The molecule has 7 heteroatoms. The fraction of sp³-hybridized carbons (Fsp3) is 0.417. The minimum atomic E-state index is -2.99. The zero-order valence-corrected chi connectivity index (χ0v) is 11.5. The SMILES string of the molecule is CS(=O)(=O)CCNc1cc2c(cc1N)NC(=O)CC2. The van der Waals surface area contributed by atoms with Crippen LogP contribution in [0.15, 0.2) is 12.1 Å². The molecule has 1 aromatic carbocycles. The quantitative estimate of drug-likeness (QED) is 0.703. The van der Waals surface area contributed by atoms with E-state index in [2.05, 4.69) is 10.6 Å². The number of aryl methyl sites for hydroxylation is 1. The summed E-state index contributed by atoms with van der Waals surface area (Å²) in [5.41, 5.74) is 8.83. The van der Waals surface area contributed by atoms with Crippen LogP contribution in [0.5, 0.6) is 0 Å². The molecule has 0 aromatic heterocycles. The van der Waals surface area contributed by atoms with Gasteiger partial charge in [0.25, 0.3) is 0 Å². The molecule has 1 aromatic rings. The Labute approximate surface area is 112 Å². The van der Waals surface area contributed by atoms with Gasteiger partial charge in [0.1, 0.15) is 9.84 Å². The molecule has 4 N–H and O–H groups in total. The maximum atomic E-state index is 11.3. The van der Waals surface area contributed by atoms with E-state index in [0.29, 0.717) is 30.8 Å². The highest BCUT2D eigenvalue weighted by atomic mass is 32.2. The summed E-state index contributed by atoms with van der Waals surface area (Å²) in [5, 5.41) is 5.78. The Balaban J connectivity index is 2.12. The number of amides is 1. The summed E-state index contributed by atoms with van der Waals surface area (Å²) in [7, 11) is -2.99. The Morgan fingerprint density at radius 2 is 2.11 bits per heavy atom. The van der Waals surface area contributed by atoms with Gasteiger partial charge in [0.15, 0.2) is 0 Å². The molecule has 0 bridgehead atoms. The summed E-state index contributed by atoms with van der Waals surface area (Å²) in [6.07, 6.45) is 2.32. The molecule has 1 aliphatic rings. The third-order valence-corrected chi connectivity index (χ3v) is 3.90. The van der Waals surface area contributed by atoms with E-state index in [1.807, 2.05) is 6.07 Å². The van der Waals surface area contributed by atoms with Crippen LogP contribution in [-0.2, 0) is 21.1 Å². The highest BCUT2D eigenvalue weighted by molar-refractivity contribution is 7.90. The maximum absolute atomic E-state index is 11.3. The van der Waals surface area contributed by atoms with Gasteiger partial charge < -0.3 is 16.4 Å². The van der Waals surface area contributed by atoms with Crippen LogP contribution in [-0.4, -0.2) is 32.9 Å². The smallest absolute Gasteiger partial charge is 0.224 e. The van der Waals surface area contributed by atoms with Gasteiger partial charge >= 0.3 is 0 Å². The molecule has 0 spiro atoms. The maximum Gasteiger partial charge on any atom is 0.224 e. The van der Waals surface area contributed by atoms with Crippen molar-refractivity contribution >= 4 is 32.8 Å². The van der Waals surface area contributed by atoms with E-state index in [9.17, 15) is 13.2 Å². The van der Waals surface area contributed by atoms with Gasteiger partial charge in [0, 0.05) is 24.9 Å². The number of sulfone groups is 1. The Morgan fingerprint density at radius 3 is 2.79 bits per heavy atom. The number of hydrogen-bond donors (Lipinski definition) is 3. The summed E-state index contributed by atoms with van der Waals surface area (Å²) in [6, 6.07) is 3.57. The minimum absolute atomic E-state index is 0.00955. The van der Waals surface area contributed by atoms with Crippen molar-refractivity contribution in [3.8, 4) is 0 Å². The zero-order valence-electron chi connectivity index (χ0n) is 10.7. The largest absolute Gasteiger partial charge is 0.397 e. The van der Waals surface area contributed by atoms with Crippen LogP contribution in [0.3, 0.4) is 0 Å².